The molecule has 106 valence electrons. The first-order chi connectivity index (χ1) is 9.11. The molecule has 1 aliphatic carbocycles. The molecule has 1 aliphatic rings. The Labute approximate surface area is 115 Å². The monoisotopic (exact) mass is 264 g/mol. The van der Waals surface area contributed by atoms with Crippen LogP contribution in [0.25, 0.3) is 0 Å². The molecule has 0 unspecified atom stereocenters. The van der Waals surface area contributed by atoms with Crippen LogP contribution in [-0.4, -0.2) is 18.0 Å². The van der Waals surface area contributed by atoms with Crippen LogP contribution in [0.2, 0.25) is 0 Å². The second-order valence-electron chi connectivity index (χ2n) is 5.92. The molecule has 0 aromatic heterocycles. The average Bonchev–Trinajstić information content (AvgIpc) is 2.42. The van der Waals surface area contributed by atoms with E-state index in [0.29, 0.717) is 18.2 Å². The van der Waals surface area contributed by atoms with Crippen LogP contribution in [-0.2, 0) is 13.1 Å². The van der Waals surface area contributed by atoms with Crippen LogP contribution in [0.1, 0.15) is 43.7 Å². The average molecular weight is 264 g/mol. The van der Waals surface area contributed by atoms with Crippen LogP contribution < -0.4 is 5.73 Å². The molecule has 1 fully saturated rings. The summed E-state index contributed by atoms with van der Waals surface area (Å²) in [5.41, 5.74) is 6.94. The summed E-state index contributed by atoms with van der Waals surface area (Å²) < 4.78 is 14.2. The number of rotatable bonds is 4. The third kappa shape index (κ3) is 3.54. The van der Waals surface area contributed by atoms with Crippen molar-refractivity contribution in [3.05, 3.63) is 35.1 Å². The Kier molecular flexibility index (Phi) is 4.94. The van der Waals surface area contributed by atoms with E-state index in [9.17, 15) is 4.39 Å². The number of halogens is 1. The maximum atomic E-state index is 14.2. The van der Waals surface area contributed by atoms with Crippen molar-refractivity contribution in [1.29, 1.82) is 0 Å². The molecule has 0 radical (unpaired) electrons. The van der Waals surface area contributed by atoms with Crippen molar-refractivity contribution in [3.63, 3.8) is 0 Å². The topological polar surface area (TPSA) is 29.3 Å². The van der Waals surface area contributed by atoms with Crippen LogP contribution in [0.4, 0.5) is 4.39 Å². The number of benzene rings is 1. The van der Waals surface area contributed by atoms with Gasteiger partial charge in [0.1, 0.15) is 5.82 Å². The molecule has 1 aromatic rings. The van der Waals surface area contributed by atoms with Gasteiger partial charge in [-0.05, 0) is 38.6 Å². The lowest BCUT2D eigenvalue weighted by atomic mass is 9.86. The lowest BCUT2D eigenvalue weighted by Crippen LogP contribution is -2.34. The molecule has 2 nitrogen and oxygen atoms in total. The summed E-state index contributed by atoms with van der Waals surface area (Å²) in [6.45, 7) is 3.27. The van der Waals surface area contributed by atoms with E-state index in [4.69, 9.17) is 5.73 Å². The van der Waals surface area contributed by atoms with Gasteiger partial charge >= 0.3 is 0 Å². The Hall–Kier alpha value is -0.930. The molecule has 0 heterocycles. The predicted molar refractivity (Wildman–Crippen MR) is 77.2 cm³/mol. The highest BCUT2D eigenvalue weighted by molar-refractivity contribution is 5.25. The quantitative estimate of drug-likeness (QED) is 0.904. The van der Waals surface area contributed by atoms with Crippen LogP contribution in [0.5, 0.6) is 0 Å². The maximum absolute atomic E-state index is 14.2. The molecule has 3 heteroatoms. The van der Waals surface area contributed by atoms with Gasteiger partial charge in [0.2, 0.25) is 0 Å². The Morgan fingerprint density at radius 2 is 1.84 bits per heavy atom. The third-order valence-corrected chi connectivity index (χ3v) is 4.41. The zero-order valence-corrected chi connectivity index (χ0v) is 12.0. The van der Waals surface area contributed by atoms with E-state index in [1.54, 1.807) is 6.07 Å². The third-order valence-electron chi connectivity index (χ3n) is 4.41. The molecular formula is C16H25FN2. The fraction of sp³-hybridized carbons (Fsp3) is 0.625. The van der Waals surface area contributed by atoms with Gasteiger partial charge in [-0.2, -0.15) is 0 Å². The SMILES string of the molecule is CC1CCC(N(C)Cc2cccc(CN)c2F)CC1. The number of nitrogens with zero attached hydrogens (tertiary/aromatic N) is 1. The first kappa shape index (κ1) is 14.5. The summed E-state index contributed by atoms with van der Waals surface area (Å²) in [5.74, 6) is 0.725. The fourth-order valence-corrected chi connectivity index (χ4v) is 2.99. The van der Waals surface area contributed by atoms with E-state index in [1.807, 2.05) is 12.1 Å². The summed E-state index contributed by atoms with van der Waals surface area (Å²) in [4.78, 5) is 2.30. The van der Waals surface area contributed by atoms with Gasteiger partial charge in [0.25, 0.3) is 0 Å². The zero-order valence-electron chi connectivity index (χ0n) is 12.0. The molecule has 0 aliphatic heterocycles. The molecule has 0 saturated heterocycles. The first-order valence-electron chi connectivity index (χ1n) is 7.28. The molecule has 19 heavy (non-hydrogen) atoms. The van der Waals surface area contributed by atoms with Gasteiger partial charge in [0, 0.05) is 30.3 Å². The van der Waals surface area contributed by atoms with E-state index >= 15 is 0 Å². The molecule has 1 saturated carbocycles. The van der Waals surface area contributed by atoms with E-state index in [0.717, 1.165) is 11.5 Å². The molecule has 0 bridgehead atoms. The van der Waals surface area contributed by atoms with Crippen molar-refractivity contribution < 1.29 is 4.39 Å². The lowest BCUT2D eigenvalue weighted by Gasteiger charge is -2.33. The van der Waals surface area contributed by atoms with Gasteiger partial charge in [-0.3, -0.25) is 4.90 Å². The molecule has 2 rings (SSSR count). The minimum absolute atomic E-state index is 0.124. The van der Waals surface area contributed by atoms with Crippen LogP contribution >= 0.6 is 0 Å². The van der Waals surface area contributed by atoms with Gasteiger partial charge in [-0.25, -0.2) is 4.39 Å². The fourth-order valence-electron chi connectivity index (χ4n) is 2.99. The Morgan fingerprint density at radius 3 is 2.47 bits per heavy atom. The van der Waals surface area contributed by atoms with Crippen LogP contribution in [0.15, 0.2) is 18.2 Å². The van der Waals surface area contributed by atoms with Gasteiger partial charge < -0.3 is 5.73 Å². The maximum Gasteiger partial charge on any atom is 0.132 e. The highest BCUT2D eigenvalue weighted by Gasteiger charge is 2.22. The molecule has 0 atom stereocenters. The summed E-state index contributed by atoms with van der Waals surface area (Å²) in [6, 6.07) is 6.13. The molecule has 0 amide bonds. The second-order valence-corrected chi connectivity index (χ2v) is 5.92. The van der Waals surface area contributed by atoms with Crippen molar-refractivity contribution in [2.75, 3.05) is 7.05 Å². The van der Waals surface area contributed by atoms with Gasteiger partial charge in [0.15, 0.2) is 0 Å². The minimum atomic E-state index is -0.124. The summed E-state index contributed by atoms with van der Waals surface area (Å²) in [6.07, 6.45) is 5.05. The van der Waals surface area contributed by atoms with Crippen molar-refractivity contribution >= 4 is 0 Å². The highest BCUT2D eigenvalue weighted by atomic mass is 19.1. The molecule has 2 N–H and O–H groups in total. The smallest absolute Gasteiger partial charge is 0.132 e. The largest absolute Gasteiger partial charge is 0.326 e. The number of hydrogen-bond donors (Lipinski definition) is 1. The zero-order chi connectivity index (χ0) is 13.8. The first-order valence-corrected chi connectivity index (χ1v) is 7.28. The minimum Gasteiger partial charge on any atom is -0.326 e. The predicted octanol–water partition coefficient (Wildman–Crippen LogP) is 3.29. The molecular weight excluding hydrogens is 239 g/mol. The second kappa shape index (κ2) is 6.49. The van der Waals surface area contributed by atoms with Gasteiger partial charge in [-0.15, -0.1) is 0 Å². The highest BCUT2D eigenvalue weighted by Crippen LogP contribution is 2.27. The standard InChI is InChI=1S/C16H25FN2/c1-12-6-8-15(9-7-12)19(2)11-14-5-3-4-13(10-18)16(14)17/h3-5,12,15H,6-11,18H2,1-2H3. The van der Waals surface area contributed by atoms with Crippen molar-refractivity contribution in [1.82, 2.24) is 4.90 Å². The number of nitrogens with two attached hydrogens (primary N) is 1. The van der Waals surface area contributed by atoms with Crippen LogP contribution in [0.3, 0.4) is 0 Å². The van der Waals surface area contributed by atoms with Crippen LogP contribution in [0, 0.1) is 11.7 Å². The summed E-state index contributed by atoms with van der Waals surface area (Å²) in [5, 5.41) is 0. The van der Waals surface area contributed by atoms with Crippen molar-refractivity contribution in [2.45, 2.75) is 51.7 Å². The molecule has 1 aromatic carbocycles. The van der Waals surface area contributed by atoms with Crippen molar-refractivity contribution in [3.8, 4) is 0 Å². The van der Waals surface area contributed by atoms with E-state index < -0.39 is 0 Å². The van der Waals surface area contributed by atoms with E-state index in [2.05, 4.69) is 18.9 Å². The lowest BCUT2D eigenvalue weighted by molar-refractivity contribution is 0.162. The van der Waals surface area contributed by atoms with Crippen molar-refractivity contribution in [2.24, 2.45) is 11.7 Å². The summed E-state index contributed by atoms with van der Waals surface area (Å²) >= 11 is 0. The number of hydrogen-bond acceptors (Lipinski definition) is 2. The van der Waals surface area contributed by atoms with Gasteiger partial charge in [-0.1, -0.05) is 25.1 Å². The normalized spacial score (nSPS) is 23.8. The Balaban J connectivity index is 2.00. The summed E-state index contributed by atoms with van der Waals surface area (Å²) in [7, 11) is 2.11. The van der Waals surface area contributed by atoms with E-state index in [-0.39, 0.29) is 12.4 Å². The Morgan fingerprint density at radius 1 is 1.21 bits per heavy atom. The van der Waals surface area contributed by atoms with E-state index in [1.165, 1.54) is 25.7 Å². The van der Waals surface area contributed by atoms with Gasteiger partial charge in [0.05, 0.1) is 0 Å². The Bertz CT molecular complexity index is 411. The molecule has 0 spiro atoms.